The van der Waals surface area contributed by atoms with Crippen LogP contribution in [-0.4, -0.2) is 39.2 Å². The Balaban J connectivity index is 2.16. The molecule has 0 radical (unpaired) electrons. The van der Waals surface area contributed by atoms with E-state index in [4.69, 9.17) is 9.47 Å². The third kappa shape index (κ3) is 1.99. The van der Waals surface area contributed by atoms with Gasteiger partial charge in [0.05, 0.1) is 31.7 Å². The molecule has 0 amide bonds. The summed E-state index contributed by atoms with van der Waals surface area (Å²) >= 11 is 0. The highest BCUT2D eigenvalue weighted by Gasteiger charge is 2.14. The fourth-order valence-electron chi connectivity index (χ4n) is 1.97. The van der Waals surface area contributed by atoms with Crippen molar-refractivity contribution in [1.82, 2.24) is 25.0 Å². The Morgan fingerprint density at radius 2 is 2.10 bits per heavy atom. The van der Waals surface area contributed by atoms with E-state index < -0.39 is 0 Å². The highest BCUT2D eigenvalue weighted by atomic mass is 16.5. The number of aromatic amines is 1. The molecule has 0 saturated carbocycles. The van der Waals surface area contributed by atoms with Crippen LogP contribution in [0.5, 0.6) is 11.5 Å². The van der Waals surface area contributed by atoms with E-state index in [0.717, 1.165) is 17.0 Å². The van der Waals surface area contributed by atoms with Crippen molar-refractivity contribution in [1.29, 1.82) is 0 Å². The molecule has 7 nitrogen and oxygen atoms in total. The van der Waals surface area contributed by atoms with Gasteiger partial charge in [-0.3, -0.25) is 9.67 Å². The maximum Gasteiger partial charge on any atom is 0.171 e. The van der Waals surface area contributed by atoms with Crippen molar-refractivity contribution in [2.45, 2.75) is 0 Å². The Morgan fingerprint density at radius 1 is 1.20 bits per heavy atom. The Hall–Kier alpha value is -2.83. The lowest BCUT2D eigenvalue weighted by Crippen LogP contribution is -2.00. The van der Waals surface area contributed by atoms with E-state index >= 15 is 0 Å². The van der Waals surface area contributed by atoms with Gasteiger partial charge in [-0.2, -0.15) is 5.10 Å². The number of aromatic nitrogens is 5. The topological polar surface area (TPSA) is 77.8 Å². The zero-order valence-corrected chi connectivity index (χ0v) is 11.1. The Kier molecular flexibility index (Phi) is 3.08. The van der Waals surface area contributed by atoms with E-state index in [1.54, 1.807) is 32.9 Å². The summed E-state index contributed by atoms with van der Waals surface area (Å²) in [6.45, 7) is 0. The first-order chi connectivity index (χ1) is 9.83. The predicted molar refractivity (Wildman–Crippen MR) is 72.0 cm³/mol. The van der Waals surface area contributed by atoms with Crippen molar-refractivity contribution < 1.29 is 9.47 Å². The minimum Gasteiger partial charge on any atom is -0.497 e. The molecule has 2 heterocycles. The van der Waals surface area contributed by atoms with Gasteiger partial charge in [-0.1, -0.05) is 0 Å². The second kappa shape index (κ2) is 5.04. The van der Waals surface area contributed by atoms with Gasteiger partial charge in [0.1, 0.15) is 17.8 Å². The smallest absolute Gasteiger partial charge is 0.171 e. The monoisotopic (exact) mass is 271 g/mol. The number of nitrogens with zero attached hydrogens (tertiary/aromatic N) is 4. The van der Waals surface area contributed by atoms with Gasteiger partial charge in [-0.25, -0.2) is 0 Å². The molecular formula is C13H13N5O2. The molecule has 0 bridgehead atoms. The maximum atomic E-state index is 5.39. The number of benzene rings is 1. The highest BCUT2D eigenvalue weighted by Crippen LogP contribution is 2.30. The van der Waals surface area contributed by atoms with Gasteiger partial charge in [-0.05, 0) is 12.1 Å². The van der Waals surface area contributed by atoms with Crippen molar-refractivity contribution in [3.05, 3.63) is 36.9 Å². The summed E-state index contributed by atoms with van der Waals surface area (Å²) in [5, 5.41) is 14.8. The van der Waals surface area contributed by atoms with Gasteiger partial charge in [0.25, 0.3) is 0 Å². The van der Waals surface area contributed by atoms with E-state index in [1.807, 2.05) is 22.8 Å². The van der Waals surface area contributed by atoms with Crippen LogP contribution < -0.4 is 9.47 Å². The molecule has 0 aliphatic rings. The number of rotatable bonds is 4. The number of nitrogens with one attached hydrogen (secondary N) is 1. The number of hydrogen-bond donors (Lipinski definition) is 1. The number of hydrogen-bond acceptors (Lipinski definition) is 5. The molecule has 0 unspecified atom stereocenters. The van der Waals surface area contributed by atoms with Crippen molar-refractivity contribution in [2.75, 3.05) is 14.2 Å². The molecule has 0 aliphatic heterocycles. The second-order valence-corrected chi connectivity index (χ2v) is 4.05. The zero-order chi connectivity index (χ0) is 13.9. The highest BCUT2D eigenvalue weighted by molar-refractivity contribution is 5.60. The lowest BCUT2D eigenvalue weighted by atomic mass is 10.2. The van der Waals surface area contributed by atoms with E-state index in [1.165, 1.54) is 0 Å². The molecule has 0 aliphatic carbocycles. The Bertz CT molecular complexity index is 705. The summed E-state index contributed by atoms with van der Waals surface area (Å²) in [7, 11) is 3.24. The first kappa shape index (κ1) is 12.2. The fourth-order valence-corrected chi connectivity index (χ4v) is 1.97. The maximum absolute atomic E-state index is 5.39. The van der Waals surface area contributed by atoms with Crippen LogP contribution in [0.15, 0.2) is 36.9 Å². The molecular weight excluding hydrogens is 258 g/mol. The van der Waals surface area contributed by atoms with Gasteiger partial charge in [0.15, 0.2) is 5.82 Å². The van der Waals surface area contributed by atoms with Crippen LogP contribution in [0.1, 0.15) is 0 Å². The van der Waals surface area contributed by atoms with Crippen LogP contribution >= 0.6 is 0 Å². The largest absolute Gasteiger partial charge is 0.497 e. The average molecular weight is 271 g/mol. The molecule has 3 aromatic rings. The third-order valence-electron chi connectivity index (χ3n) is 2.95. The van der Waals surface area contributed by atoms with E-state index in [0.29, 0.717) is 11.6 Å². The molecule has 7 heteroatoms. The molecule has 0 saturated heterocycles. The van der Waals surface area contributed by atoms with Gasteiger partial charge in [-0.15, -0.1) is 10.2 Å². The van der Waals surface area contributed by atoms with Gasteiger partial charge < -0.3 is 9.47 Å². The van der Waals surface area contributed by atoms with Crippen LogP contribution in [0.25, 0.3) is 17.1 Å². The van der Waals surface area contributed by atoms with Gasteiger partial charge in [0.2, 0.25) is 0 Å². The van der Waals surface area contributed by atoms with Gasteiger partial charge in [0, 0.05) is 12.3 Å². The summed E-state index contributed by atoms with van der Waals surface area (Å²) in [5.74, 6) is 2.10. The zero-order valence-electron chi connectivity index (χ0n) is 11.1. The fraction of sp³-hybridized carbons (Fsp3) is 0.154. The Labute approximate surface area is 115 Å². The van der Waals surface area contributed by atoms with E-state index in [9.17, 15) is 0 Å². The lowest BCUT2D eigenvalue weighted by molar-refractivity contribution is 0.401. The molecule has 0 spiro atoms. The summed E-state index contributed by atoms with van der Waals surface area (Å²) < 4.78 is 12.5. The normalized spacial score (nSPS) is 10.5. The number of methoxy groups -OCH3 is 2. The predicted octanol–water partition coefficient (Wildman–Crippen LogP) is 1.67. The molecule has 2 aromatic heterocycles. The van der Waals surface area contributed by atoms with Crippen LogP contribution in [0, 0.1) is 0 Å². The summed E-state index contributed by atoms with van der Waals surface area (Å²) in [6.07, 6.45) is 5.07. The quantitative estimate of drug-likeness (QED) is 0.781. The molecule has 102 valence electrons. The molecule has 0 atom stereocenters. The summed E-state index contributed by atoms with van der Waals surface area (Å²) in [4.78, 5) is 0. The van der Waals surface area contributed by atoms with Crippen LogP contribution in [-0.2, 0) is 0 Å². The van der Waals surface area contributed by atoms with Crippen molar-refractivity contribution in [2.24, 2.45) is 0 Å². The van der Waals surface area contributed by atoms with E-state index in [-0.39, 0.29) is 0 Å². The molecule has 3 rings (SSSR count). The third-order valence-corrected chi connectivity index (χ3v) is 2.95. The Morgan fingerprint density at radius 3 is 2.80 bits per heavy atom. The van der Waals surface area contributed by atoms with Crippen molar-refractivity contribution in [3.8, 4) is 28.6 Å². The van der Waals surface area contributed by atoms with Crippen molar-refractivity contribution >= 4 is 0 Å². The van der Waals surface area contributed by atoms with Crippen LogP contribution in [0.3, 0.4) is 0 Å². The summed E-state index contributed by atoms with van der Waals surface area (Å²) in [5.41, 5.74) is 1.64. The van der Waals surface area contributed by atoms with Crippen LogP contribution in [0.4, 0.5) is 0 Å². The molecule has 1 N–H and O–H groups in total. The standard InChI is InChI=1S/C13H13N5O2/c1-19-10-3-4-12(20-2)11(5-10)18-8-16-17-13(18)9-6-14-15-7-9/h3-8H,1-2H3,(H,14,15). The number of ether oxygens (including phenoxy) is 2. The number of H-pyrrole nitrogens is 1. The van der Waals surface area contributed by atoms with Crippen molar-refractivity contribution in [3.63, 3.8) is 0 Å². The average Bonchev–Trinajstić information content (AvgIpc) is 3.16. The van der Waals surface area contributed by atoms with E-state index in [2.05, 4.69) is 20.4 Å². The summed E-state index contributed by atoms with van der Waals surface area (Å²) in [6, 6.07) is 5.54. The van der Waals surface area contributed by atoms with Gasteiger partial charge >= 0.3 is 0 Å². The first-order valence-electron chi connectivity index (χ1n) is 5.95. The SMILES string of the molecule is COc1ccc(OC)c(-n2cnnc2-c2cn[nH]c2)c1. The minimum atomic E-state index is 0.672. The molecule has 20 heavy (non-hydrogen) atoms. The lowest BCUT2D eigenvalue weighted by Gasteiger charge is -2.12. The first-order valence-corrected chi connectivity index (χ1v) is 5.95. The molecule has 0 fully saturated rings. The minimum absolute atomic E-state index is 0.672. The second-order valence-electron chi connectivity index (χ2n) is 4.05. The van der Waals surface area contributed by atoms with Crippen LogP contribution in [0.2, 0.25) is 0 Å². The molecule has 1 aromatic carbocycles.